The van der Waals surface area contributed by atoms with Crippen molar-refractivity contribution in [2.75, 3.05) is 20.1 Å². The number of hydrogen-bond acceptors (Lipinski definition) is 3. The highest BCUT2D eigenvalue weighted by Gasteiger charge is 2.35. The Bertz CT molecular complexity index is 294. The molecule has 0 aromatic carbocycles. The standard InChI is InChI=1S/C15H29N3O/c1-11(2)6-7-16-15(19)10-18(3)14-8-12-4-5-13(9-14)17-12/h11-14,17H,4-10H2,1-3H3,(H,16,19). The maximum absolute atomic E-state index is 11.9. The summed E-state index contributed by atoms with van der Waals surface area (Å²) >= 11 is 0. The summed E-state index contributed by atoms with van der Waals surface area (Å²) in [6.45, 7) is 5.72. The van der Waals surface area contributed by atoms with E-state index >= 15 is 0 Å². The van der Waals surface area contributed by atoms with E-state index in [1.54, 1.807) is 0 Å². The number of hydrogen-bond donors (Lipinski definition) is 2. The Kier molecular flexibility index (Phi) is 5.22. The fraction of sp³-hybridized carbons (Fsp3) is 0.933. The van der Waals surface area contributed by atoms with Crippen LogP contribution in [0.3, 0.4) is 0 Å². The highest BCUT2D eigenvalue weighted by molar-refractivity contribution is 5.77. The van der Waals surface area contributed by atoms with Gasteiger partial charge < -0.3 is 10.6 Å². The van der Waals surface area contributed by atoms with Crippen LogP contribution in [0.5, 0.6) is 0 Å². The van der Waals surface area contributed by atoms with Gasteiger partial charge in [-0.2, -0.15) is 0 Å². The summed E-state index contributed by atoms with van der Waals surface area (Å²) in [4.78, 5) is 14.1. The van der Waals surface area contributed by atoms with E-state index in [0.29, 0.717) is 30.6 Å². The van der Waals surface area contributed by atoms with Gasteiger partial charge in [0.15, 0.2) is 0 Å². The molecule has 110 valence electrons. The molecule has 2 fully saturated rings. The summed E-state index contributed by atoms with van der Waals surface area (Å²) in [5, 5.41) is 6.67. The van der Waals surface area contributed by atoms with Crippen LogP contribution in [-0.4, -0.2) is 49.1 Å². The summed E-state index contributed by atoms with van der Waals surface area (Å²) in [7, 11) is 2.09. The van der Waals surface area contributed by atoms with Gasteiger partial charge in [-0.05, 0) is 45.1 Å². The van der Waals surface area contributed by atoms with Crippen LogP contribution in [0.15, 0.2) is 0 Å². The maximum atomic E-state index is 11.9. The molecule has 2 saturated heterocycles. The lowest BCUT2D eigenvalue weighted by atomic mass is 9.98. The van der Waals surface area contributed by atoms with Crippen LogP contribution in [0.4, 0.5) is 0 Å². The van der Waals surface area contributed by atoms with Crippen molar-refractivity contribution in [1.29, 1.82) is 0 Å². The first-order valence-corrected chi connectivity index (χ1v) is 7.77. The number of amides is 1. The van der Waals surface area contributed by atoms with Crippen molar-refractivity contribution in [3.8, 4) is 0 Å². The Hall–Kier alpha value is -0.610. The number of carbonyl (C=O) groups is 1. The van der Waals surface area contributed by atoms with Crippen LogP contribution < -0.4 is 10.6 Å². The zero-order valence-corrected chi connectivity index (χ0v) is 12.6. The summed E-state index contributed by atoms with van der Waals surface area (Å²) in [5.74, 6) is 0.826. The highest BCUT2D eigenvalue weighted by Crippen LogP contribution is 2.28. The van der Waals surface area contributed by atoms with Gasteiger partial charge in [-0.15, -0.1) is 0 Å². The Labute approximate surface area is 117 Å². The largest absolute Gasteiger partial charge is 0.355 e. The van der Waals surface area contributed by atoms with Crippen molar-refractivity contribution < 1.29 is 4.79 Å². The van der Waals surface area contributed by atoms with E-state index in [1.807, 2.05) is 0 Å². The number of nitrogens with zero attached hydrogens (tertiary/aromatic N) is 1. The quantitative estimate of drug-likeness (QED) is 0.764. The molecule has 4 nitrogen and oxygen atoms in total. The Morgan fingerprint density at radius 1 is 1.32 bits per heavy atom. The van der Waals surface area contributed by atoms with Crippen LogP contribution in [0.1, 0.15) is 46.0 Å². The van der Waals surface area contributed by atoms with Crippen molar-refractivity contribution >= 4 is 5.91 Å². The van der Waals surface area contributed by atoms with Gasteiger partial charge in [0.2, 0.25) is 5.91 Å². The second-order valence-corrected chi connectivity index (χ2v) is 6.71. The van der Waals surface area contributed by atoms with Gasteiger partial charge >= 0.3 is 0 Å². The molecule has 2 rings (SSSR count). The van der Waals surface area contributed by atoms with E-state index in [9.17, 15) is 4.79 Å². The topological polar surface area (TPSA) is 44.4 Å². The number of piperidine rings is 1. The molecule has 0 saturated carbocycles. The zero-order chi connectivity index (χ0) is 13.8. The minimum absolute atomic E-state index is 0.175. The van der Waals surface area contributed by atoms with Crippen LogP contribution in [0.25, 0.3) is 0 Å². The first-order valence-electron chi connectivity index (χ1n) is 7.77. The van der Waals surface area contributed by atoms with E-state index in [0.717, 1.165) is 13.0 Å². The third-order valence-corrected chi connectivity index (χ3v) is 4.51. The SMILES string of the molecule is CC(C)CCNC(=O)CN(C)C1CC2CCC(C1)N2. The average Bonchev–Trinajstić information content (AvgIpc) is 2.67. The minimum atomic E-state index is 0.175. The molecule has 4 heteroatoms. The van der Waals surface area contributed by atoms with Gasteiger partial charge in [0, 0.05) is 24.7 Å². The molecule has 2 N–H and O–H groups in total. The Morgan fingerprint density at radius 2 is 1.95 bits per heavy atom. The van der Waals surface area contributed by atoms with Crippen molar-refractivity contribution in [3.05, 3.63) is 0 Å². The molecule has 2 heterocycles. The summed E-state index contributed by atoms with van der Waals surface area (Å²) in [5.41, 5.74) is 0. The predicted octanol–water partition coefficient (Wildman–Crippen LogP) is 1.36. The zero-order valence-electron chi connectivity index (χ0n) is 12.6. The fourth-order valence-corrected chi connectivity index (χ4v) is 3.30. The van der Waals surface area contributed by atoms with Gasteiger partial charge in [0.05, 0.1) is 6.54 Å². The lowest BCUT2D eigenvalue weighted by Crippen LogP contribution is -2.49. The first-order chi connectivity index (χ1) is 9.04. The van der Waals surface area contributed by atoms with Gasteiger partial charge in [0.25, 0.3) is 0 Å². The number of fused-ring (bicyclic) bond motifs is 2. The molecule has 1 amide bonds. The highest BCUT2D eigenvalue weighted by atomic mass is 16.2. The molecular formula is C15H29N3O. The second kappa shape index (κ2) is 6.71. The Balaban J connectivity index is 1.68. The van der Waals surface area contributed by atoms with Crippen molar-refractivity contribution in [3.63, 3.8) is 0 Å². The number of rotatable bonds is 6. The van der Waals surface area contributed by atoms with Crippen LogP contribution in [0, 0.1) is 5.92 Å². The van der Waals surface area contributed by atoms with Crippen molar-refractivity contribution in [1.82, 2.24) is 15.5 Å². The summed E-state index contributed by atoms with van der Waals surface area (Å²) in [6.07, 6.45) is 6.09. The molecule has 0 spiro atoms. The minimum Gasteiger partial charge on any atom is -0.355 e. The van der Waals surface area contributed by atoms with E-state index in [4.69, 9.17) is 0 Å². The molecule has 2 aliphatic rings. The van der Waals surface area contributed by atoms with E-state index < -0.39 is 0 Å². The molecule has 2 aliphatic heterocycles. The molecule has 2 atom stereocenters. The third kappa shape index (κ3) is 4.46. The second-order valence-electron chi connectivity index (χ2n) is 6.71. The van der Waals surface area contributed by atoms with Gasteiger partial charge in [-0.1, -0.05) is 13.8 Å². The Morgan fingerprint density at radius 3 is 2.53 bits per heavy atom. The van der Waals surface area contributed by atoms with Gasteiger partial charge in [0.1, 0.15) is 0 Å². The van der Waals surface area contributed by atoms with Crippen LogP contribution in [-0.2, 0) is 4.79 Å². The van der Waals surface area contributed by atoms with Crippen LogP contribution in [0.2, 0.25) is 0 Å². The first kappa shape index (κ1) is 14.8. The van der Waals surface area contributed by atoms with Gasteiger partial charge in [-0.3, -0.25) is 9.69 Å². The normalized spacial score (nSPS) is 30.1. The summed E-state index contributed by atoms with van der Waals surface area (Å²) in [6, 6.07) is 1.96. The predicted molar refractivity (Wildman–Crippen MR) is 78.1 cm³/mol. The molecule has 2 bridgehead atoms. The van der Waals surface area contributed by atoms with E-state index in [-0.39, 0.29) is 5.91 Å². The lowest BCUT2D eigenvalue weighted by molar-refractivity contribution is -0.122. The molecule has 0 aromatic rings. The van der Waals surface area contributed by atoms with Crippen molar-refractivity contribution in [2.45, 2.75) is 64.1 Å². The molecule has 0 aromatic heterocycles. The fourth-order valence-electron chi connectivity index (χ4n) is 3.30. The maximum Gasteiger partial charge on any atom is 0.234 e. The molecule has 0 radical (unpaired) electrons. The van der Waals surface area contributed by atoms with Crippen molar-refractivity contribution in [2.24, 2.45) is 5.92 Å². The van der Waals surface area contributed by atoms with Gasteiger partial charge in [-0.25, -0.2) is 0 Å². The third-order valence-electron chi connectivity index (χ3n) is 4.51. The lowest BCUT2D eigenvalue weighted by Gasteiger charge is -2.35. The average molecular weight is 267 g/mol. The number of carbonyl (C=O) groups excluding carboxylic acids is 1. The monoisotopic (exact) mass is 267 g/mol. The molecule has 2 unspecified atom stereocenters. The smallest absolute Gasteiger partial charge is 0.234 e. The molecule has 0 aliphatic carbocycles. The molecular weight excluding hydrogens is 238 g/mol. The number of likely N-dealkylation sites (N-methyl/N-ethyl adjacent to an activating group) is 1. The van der Waals surface area contributed by atoms with Crippen LogP contribution >= 0.6 is 0 Å². The molecule has 19 heavy (non-hydrogen) atoms. The summed E-state index contributed by atoms with van der Waals surface area (Å²) < 4.78 is 0. The van der Waals surface area contributed by atoms with E-state index in [2.05, 4.69) is 36.4 Å². The van der Waals surface area contributed by atoms with E-state index in [1.165, 1.54) is 25.7 Å². The number of nitrogens with one attached hydrogen (secondary N) is 2.